The van der Waals surface area contributed by atoms with E-state index in [0.29, 0.717) is 5.69 Å². The fraction of sp³-hybridized carbons (Fsp3) is 0.0909. The lowest BCUT2D eigenvalue weighted by Crippen LogP contribution is -2.19. The smallest absolute Gasteiger partial charge is 0.246 e. The Morgan fingerprint density at radius 2 is 2.24 bits per heavy atom. The number of aromatic nitrogens is 2. The SMILES string of the molecule is Nc1cnn(CC(=O)Nc2ccccc2Br)c1. The highest BCUT2D eigenvalue weighted by Gasteiger charge is 2.06. The van der Waals surface area contributed by atoms with Crippen LogP contribution in [0.4, 0.5) is 11.4 Å². The number of nitrogen functional groups attached to an aromatic ring is 1. The van der Waals surface area contributed by atoms with Crippen LogP contribution < -0.4 is 11.1 Å². The third-order valence-electron chi connectivity index (χ3n) is 2.11. The molecule has 0 spiro atoms. The topological polar surface area (TPSA) is 72.9 Å². The second-order valence-electron chi connectivity index (χ2n) is 3.50. The third kappa shape index (κ3) is 3.07. The van der Waals surface area contributed by atoms with Crippen molar-refractivity contribution >= 4 is 33.2 Å². The summed E-state index contributed by atoms with van der Waals surface area (Å²) in [4.78, 5) is 11.7. The molecule has 1 aromatic heterocycles. The number of nitrogens with two attached hydrogens (primary N) is 1. The van der Waals surface area contributed by atoms with Crippen LogP contribution in [0, 0.1) is 0 Å². The Morgan fingerprint density at radius 1 is 1.47 bits per heavy atom. The Morgan fingerprint density at radius 3 is 2.88 bits per heavy atom. The van der Waals surface area contributed by atoms with Crippen LogP contribution in [0.5, 0.6) is 0 Å². The van der Waals surface area contributed by atoms with Gasteiger partial charge in [-0.3, -0.25) is 9.48 Å². The highest BCUT2D eigenvalue weighted by atomic mass is 79.9. The maximum Gasteiger partial charge on any atom is 0.246 e. The van der Waals surface area contributed by atoms with Crippen LogP contribution in [0.25, 0.3) is 0 Å². The molecule has 1 aromatic carbocycles. The second-order valence-corrected chi connectivity index (χ2v) is 4.35. The Kier molecular flexibility index (Phi) is 3.43. The van der Waals surface area contributed by atoms with Gasteiger partial charge in [0.25, 0.3) is 0 Å². The highest BCUT2D eigenvalue weighted by molar-refractivity contribution is 9.10. The van der Waals surface area contributed by atoms with Gasteiger partial charge in [-0.15, -0.1) is 0 Å². The number of carbonyl (C=O) groups is 1. The molecule has 0 atom stereocenters. The number of hydrogen-bond donors (Lipinski definition) is 2. The maximum atomic E-state index is 11.7. The summed E-state index contributed by atoms with van der Waals surface area (Å²) in [5, 5.41) is 6.72. The monoisotopic (exact) mass is 294 g/mol. The summed E-state index contributed by atoms with van der Waals surface area (Å²) in [6.45, 7) is 0.137. The highest BCUT2D eigenvalue weighted by Crippen LogP contribution is 2.20. The van der Waals surface area contributed by atoms with Crippen molar-refractivity contribution in [2.24, 2.45) is 0 Å². The van der Waals surface area contributed by atoms with Crippen molar-refractivity contribution < 1.29 is 4.79 Å². The number of nitrogens with one attached hydrogen (secondary N) is 1. The molecule has 0 unspecified atom stereocenters. The van der Waals surface area contributed by atoms with Crippen molar-refractivity contribution in [1.82, 2.24) is 9.78 Å². The molecule has 3 N–H and O–H groups in total. The number of para-hydroxylation sites is 1. The number of benzene rings is 1. The molecule has 0 aliphatic carbocycles. The van der Waals surface area contributed by atoms with E-state index < -0.39 is 0 Å². The number of rotatable bonds is 3. The van der Waals surface area contributed by atoms with E-state index >= 15 is 0 Å². The van der Waals surface area contributed by atoms with Crippen molar-refractivity contribution in [3.05, 3.63) is 41.1 Å². The van der Waals surface area contributed by atoms with Gasteiger partial charge in [-0.05, 0) is 28.1 Å². The van der Waals surface area contributed by atoms with Gasteiger partial charge < -0.3 is 11.1 Å². The lowest BCUT2D eigenvalue weighted by Gasteiger charge is -2.06. The fourth-order valence-electron chi connectivity index (χ4n) is 1.37. The van der Waals surface area contributed by atoms with Crippen LogP contribution in [0.2, 0.25) is 0 Å². The zero-order chi connectivity index (χ0) is 12.3. The average Bonchev–Trinajstić information content (AvgIpc) is 2.67. The van der Waals surface area contributed by atoms with Crippen LogP contribution in [0.3, 0.4) is 0 Å². The molecule has 0 aliphatic heterocycles. The number of anilines is 2. The fourth-order valence-corrected chi connectivity index (χ4v) is 1.75. The number of carbonyl (C=O) groups excluding carboxylic acids is 1. The minimum absolute atomic E-state index is 0.137. The molecule has 0 aliphatic rings. The summed E-state index contributed by atoms with van der Waals surface area (Å²) >= 11 is 3.36. The van der Waals surface area contributed by atoms with Gasteiger partial charge in [0.2, 0.25) is 5.91 Å². The molecule has 2 rings (SSSR count). The van der Waals surface area contributed by atoms with Crippen molar-refractivity contribution in [3.8, 4) is 0 Å². The molecule has 0 radical (unpaired) electrons. The van der Waals surface area contributed by atoms with Crippen LogP contribution in [-0.2, 0) is 11.3 Å². The van der Waals surface area contributed by atoms with Gasteiger partial charge in [-0.2, -0.15) is 5.10 Å². The summed E-state index contributed by atoms with van der Waals surface area (Å²) in [6.07, 6.45) is 3.12. The molecule has 17 heavy (non-hydrogen) atoms. The first kappa shape index (κ1) is 11.7. The average molecular weight is 295 g/mol. The van der Waals surface area contributed by atoms with Gasteiger partial charge >= 0.3 is 0 Å². The normalized spacial score (nSPS) is 10.2. The first-order valence-corrected chi connectivity index (χ1v) is 5.77. The van der Waals surface area contributed by atoms with Gasteiger partial charge in [-0.25, -0.2) is 0 Å². The molecule has 1 amide bonds. The summed E-state index contributed by atoms with van der Waals surface area (Å²) in [5.74, 6) is -0.153. The van der Waals surface area contributed by atoms with Gasteiger partial charge in [0, 0.05) is 10.7 Å². The van der Waals surface area contributed by atoms with E-state index in [4.69, 9.17) is 5.73 Å². The van der Waals surface area contributed by atoms with Crippen molar-refractivity contribution in [3.63, 3.8) is 0 Å². The maximum absolute atomic E-state index is 11.7. The molecular formula is C11H11BrN4O. The Bertz CT molecular complexity index is 538. The van der Waals surface area contributed by atoms with Gasteiger partial charge in [0.1, 0.15) is 6.54 Å². The van der Waals surface area contributed by atoms with E-state index in [1.165, 1.54) is 10.9 Å². The van der Waals surface area contributed by atoms with Crippen LogP contribution in [0.15, 0.2) is 41.1 Å². The second kappa shape index (κ2) is 5.01. The first-order valence-electron chi connectivity index (χ1n) is 4.97. The van der Waals surface area contributed by atoms with Crippen LogP contribution in [-0.4, -0.2) is 15.7 Å². The molecule has 0 saturated carbocycles. The van der Waals surface area contributed by atoms with E-state index in [0.717, 1.165) is 10.2 Å². The Labute approximate surface area is 107 Å². The van der Waals surface area contributed by atoms with Crippen molar-refractivity contribution in [2.45, 2.75) is 6.54 Å². The van der Waals surface area contributed by atoms with Gasteiger partial charge in [-0.1, -0.05) is 12.1 Å². The molecular weight excluding hydrogens is 284 g/mol. The summed E-state index contributed by atoms with van der Waals surface area (Å²) in [6, 6.07) is 7.42. The molecule has 6 heteroatoms. The quantitative estimate of drug-likeness (QED) is 0.908. The Hall–Kier alpha value is -1.82. The van der Waals surface area contributed by atoms with E-state index in [1.807, 2.05) is 24.3 Å². The third-order valence-corrected chi connectivity index (χ3v) is 2.80. The number of halogens is 1. The predicted molar refractivity (Wildman–Crippen MR) is 69.4 cm³/mol. The van der Waals surface area contributed by atoms with E-state index in [9.17, 15) is 4.79 Å². The zero-order valence-electron chi connectivity index (χ0n) is 8.93. The van der Waals surface area contributed by atoms with Crippen molar-refractivity contribution in [1.29, 1.82) is 0 Å². The number of hydrogen-bond acceptors (Lipinski definition) is 3. The van der Waals surface area contributed by atoms with Crippen LogP contribution in [0.1, 0.15) is 0 Å². The largest absolute Gasteiger partial charge is 0.396 e. The summed E-state index contributed by atoms with van der Waals surface area (Å²) in [7, 11) is 0. The van der Waals surface area contributed by atoms with Gasteiger partial charge in [0.15, 0.2) is 0 Å². The number of amides is 1. The summed E-state index contributed by atoms with van der Waals surface area (Å²) in [5.41, 5.74) is 6.78. The lowest BCUT2D eigenvalue weighted by molar-refractivity contribution is -0.116. The van der Waals surface area contributed by atoms with Crippen LogP contribution >= 0.6 is 15.9 Å². The predicted octanol–water partition coefficient (Wildman–Crippen LogP) is 1.87. The molecule has 0 fully saturated rings. The first-order chi connectivity index (χ1) is 8.15. The van der Waals surface area contributed by atoms with Crippen molar-refractivity contribution in [2.75, 3.05) is 11.1 Å². The Balaban J connectivity index is 2.01. The minimum atomic E-state index is -0.153. The minimum Gasteiger partial charge on any atom is -0.396 e. The van der Waals surface area contributed by atoms with Gasteiger partial charge in [0.05, 0.1) is 17.6 Å². The lowest BCUT2D eigenvalue weighted by atomic mass is 10.3. The molecule has 0 saturated heterocycles. The zero-order valence-corrected chi connectivity index (χ0v) is 10.5. The summed E-state index contributed by atoms with van der Waals surface area (Å²) < 4.78 is 2.33. The molecule has 88 valence electrons. The van der Waals surface area contributed by atoms with E-state index in [2.05, 4.69) is 26.3 Å². The molecule has 1 heterocycles. The molecule has 2 aromatic rings. The van der Waals surface area contributed by atoms with E-state index in [1.54, 1.807) is 6.20 Å². The van der Waals surface area contributed by atoms with E-state index in [-0.39, 0.29) is 12.5 Å². The molecule has 0 bridgehead atoms. The number of nitrogens with zero attached hydrogens (tertiary/aromatic N) is 2. The molecule has 5 nitrogen and oxygen atoms in total. The standard InChI is InChI=1S/C11H11BrN4O/c12-9-3-1-2-4-10(9)15-11(17)7-16-6-8(13)5-14-16/h1-6H,7,13H2,(H,15,17).